The lowest BCUT2D eigenvalue weighted by Gasteiger charge is -2.44. The van der Waals surface area contributed by atoms with Crippen LogP contribution in [0.2, 0.25) is 0 Å². The fourth-order valence-corrected chi connectivity index (χ4v) is 13.5. The number of anilines is 6. The molecule has 0 saturated carbocycles. The number of hydrogen-bond donors (Lipinski definition) is 0. The van der Waals surface area contributed by atoms with Crippen LogP contribution in [0.1, 0.15) is 5.56 Å². The van der Waals surface area contributed by atoms with Gasteiger partial charge in [-0.15, -0.1) is 0 Å². The van der Waals surface area contributed by atoms with E-state index in [0.717, 1.165) is 95.4 Å². The highest BCUT2D eigenvalue weighted by molar-refractivity contribution is 7.00. The summed E-state index contributed by atoms with van der Waals surface area (Å²) in [4.78, 5) is 31.5. The van der Waals surface area contributed by atoms with Crippen molar-refractivity contribution in [2.24, 2.45) is 0 Å². The van der Waals surface area contributed by atoms with Crippen molar-refractivity contribution >= 4 is 79.0 Å². The van der Waals surface area contributed by atoms with Gasteiger partial charge < -0.3 is 14.4 Å². The molecule has 8 nitrogen and oxygen atoms in total. The Labute approximate surface area is 516 Å². The predicted molar refractivity (Wildman–Crippen MR) is 367 cm³/mol. The summed E-state index contributed by atoms with van der Waals surface area (Å²) in [6.07, 6.45) is 0. The maximum Gasteiger partial charge on any atom is 0.252 e. The molecule has 5 heterocycles. The number of fused-ring (bicyclic) bond motifs is 7. The van der Waals surface area contributed by atoms with Crippen molar-refractivity contribution < 1.29 is 0 Å². The third kappa shape index (κ3) is 8.89. The van der Waals surface area contributed by atoms with Gasteiger partial charge in [0.15, 0.2) is 23.3 Å². The number of aryl methyl sites for hydroxylation is 1. The first-order valence-corrected chi connectivity index (χ1v) is 30.2. The molecule has 0 aliphatic carbocycles. The highest BCUT2D eigenvalue weighted by Crippen LogP contribution is 2.45. The molecular formula is C80H53BN8. The molecule has 17 rings (SSSR count). The summed E-state index contributed by atoms with van der Waals surface area (Å²) < 4.78 is 2.38. The second kappa shape index (κ2) is 21.3. The molecule has 0 spiro atoms. The Hall–Kier alpha value is -11.8. The summed E-state index contributed by atoms with van der Waals surface area (Å²) in [5.41, 5.74) is 24.1. The van der Waals surface area contributed by atoms with Crippen LogP contribution >= 0.6 is 0 Å². The minimum absolute atomic E-state index is 0.0509. The van der Waals surface area contributed by atoms with Gasteiger partial charge in [0.05, 0.1) is 28.1 Å². The van der Waals surface area contributed by atoms with Crippen molar-refractivity contribution in [3.63, 3.8) is 0 Å². The molecule has 15 aromatic rings. The van der Waals surface area contributed by atoms with E-state index in [-0.39, 0.29) is 6.71 Å². The Bertz CT molecular complexity index is 5190. The smallest absolute Gasteiger partial charge is 0.252 e. The number of benzene rings is 12. The Morgan fingerprint density at radius 2 is 0.753 bits per heavy atom. The van der Waals surface area contributed by atoms with E-state index in [9.17, 15) is 0 Å². The SMILES string of the molecule is Cc1ccc2c(c1)c1ccccc1n2-c1ccc(-c2nc(-c3ccccc3)nc(-c3ccccc3)n2)cc1-c1cc(-c2ccccc2)nc(-c2cccc(-c3cccc(N4c5ccccc5B5c6ccccc6N(c6ccccc6)c6cccc4c65)c3)c2)n1. The van der Waals surface area contributed by atoms with Crippen molar-refractivity contribution in [1.29, 1.82) is 0 Å². The van der Waals surface area contributed by atoms with E-state index in [1.165, 1.54) is 44.1 Å². The molecular weight excluding hydrogens is 1080 g/mol. The standard InChI is InChI=1S/C80H53BN8/c1-52-43-45-70-63(47-52)62-35-14-17-38-69(62)89(70)71-46-44-59(80-85-77(54-25-8-3-9-26-54)84-78(86-80)55-27-10-4-11-28-55)50-64(71)68-51-67(53-23-6-2-7-24-53)82-79(83-68)58-31-20-29-56(48-58)57-30-21-34-61(49-57)88-73-40-19-16-37-66(73)81-65-36-15-18-39-72(65)87(60-32-12-5-13-33-60)74-41-22-42-75(88)76(74)81/h2-51H,1H3. The molecule has 2 aliphatic rings. The fraction of sp³-hybridized carbons (Fsp3) is 0.0125. The monoisotopic (exact) mass is 1140 g/mol. The Morgan fingerprint density at radius 1 is 0.281 bits per heavy atom. The minimum atomic E-state index is 0.0509. The summed E-state index contributed by atoms with van der Waals surface area (Å²) in [5, 5.41) is 2.35. The minimum Gasteiger partial charge on any atom is -0.311 e. The lowest BCUT2D eigenvalue weighted by atomic mass is 9.33. The van der Waals surface area contributed by atoms with Crippen LogP contribution < -0.4 is 26.2 Å². The molecule has 0 radical (unpaired) electrons. The van der Waals surface area contributed by atoms with E-state index < -0.39 is 0 Å². The van der Waals surface area contributed by atoms with Gasteiger partial charge in [-0.05, 0) is 132 Å². The highest BCUT2D eigenvalue weighted by Gasteiger charge is 2.43. The molecule has 0 atom stereocenters. The van der Waals surface area contributed by atoms with Crippen LogP contribution in [0.15, 0.2) is 303 Å². The van der Waals surface area contributed by atoms with Gasteiger partial charge in [0.25, 0.3) is 6.71 Å². The zero-order chi connectivity index (χ0) is 58.9. The highest BCUT2D eigenvalue weighted by atomic mass is 15.2. The zero-order valence-corrected chi connectivity index (χ0v) is 48.5. The van der Waals surface area contributed by atoms with Crippen LogP contribution in [-0.2, 0) is 0 Å². The first-order valence-electron chi connectivity index (χ1n) is 30.2. The quantitative estimate of drug-likeness (QED) is 0.126. The molecule has 416 valence electrons. The maximum atomic E-state index is 5.67. The Morgan fingerprint density at radius 3 is 1.44 bits per heavy atom. The van der Waals surface area contributed by atoms with Crippen LogP contribution in [0.4, 0.5) is 34.1 Å². The molecule has 0 amide bonds. The molecule has 9 heteroatoms. The summed E-state index contributed by atoms with van der Waals surface area (Å²) >= 11 is 0. The zero-order valence-electron chi connectivity index (χ0n) is 48.5. The number of hydrogen-bond acceptors (Lipinski definition) is 7. The van der Waals surface area contributed by atoms with Gasteiger partial charge >= 0.3 is 0 Å². The van der Waals surface area contributed by atoms with Gasteiger partial charge in [-0.3, -0.25) is 0 Å². The van der Waals surface area contributed by atoms with Crippen LogP contribution in [0.3, 0.4) is 0 Å². The third-order valence-electron chi connectivity index (χ3n) is 17.5. The second-order valence-corrected chi connectivity index (χ2v) is 22.9. The largest absolute Gasteiger partial charge is 0.311 e. The molecule has 0 fully saturated rings. The number of para-hydroxylation sites is 4. The molecule has 0 saturated heterocycles. The molecule has 2 aliphatic heterocycles. The molecule has 0 bridgehead atoms. The lowest BCUT2D eigenvalue weighted by molar-refractivity contribution is 1.07. The average Bonchev–Trinajstić information content (AvgIpc) is 1.22. The fourth-order valence-electron chi connectivity index (χ4n) is 13.5. The molecule has 89 heavy (non-hydrogen) atoms. The van der Waals surface area contributed by atoms with Crippen molar-refractivity contribution in [1.82, 2.24) is 29.5 Å². The predicted octanol–water partition coefficient (Wildman–Crippen LogP) is 17.8. The van der Waals surface area contributed by atoms with Crippen LogP contribution in [0.25, 0.3) is 107 Å². The molecule has 0 N–H and O–H groups in total. The van der Waals surface area contributed by atoms with Gasteiger partial charge in [-0.2, -0.15) is 0 Å². The van der Waals surface area contributed by atoms with E-state index in [0.29, 0.717) is 23.3 Å². The van der Waals surface area contributed by atoms with Crippen molar-refractivity contribution in [2.45, 2.75) is 6.92 Å². The van der Waals surface area contributed by atoms with E-state index in [2.05, 4.69) is 258 Å². The second-order valence-electron chi connectivity index (χ2n) is 22.9. The number of nitrogens with zero attached hydrogens (tertiary/aromatic N) is 8. The van der Waals surface area contributed by atoms with E-state index in [4.69, 9.17) is 24.9 Å². The van der Waals surface area contributed by atoms with E-state index in [1.54, 1.807) is 0 Å². The van der Waals surface area contributed by atoms with Crippen molar-refractivity contribution in [3.05, 3.63) is 309 Å². The molecule has 12 aromatic carbocycles. The lowest BCUT2D eigenvalue weighted by Crippen LogP contribution is -2.61. The van der Waals surface area contributed by atoms with E-state index >= 15 is 0 Å². The van der Waals surface area contributed by atoms with Crippen LogP contribution in [0.5, 0.6) is 0 Å². The summed E-state index contributed by atoms with van der Waals surface area (Å²) in [6.45, 7) is 2.21. The third-order valence-corrected chi connectivity index (χ3v) is 17.5. The first-order chi connectivity index (χ1) is 44.0. The molecule has 3 aromatic heterocycles. The summed E-state index contributed by atoms with van der Waals surface area (Å²) in [6, 6.07) is 108. The first kappa shape index (κ1) is 51.6. The maximum absolute atomic E-state index is 5.67. The molecule has 0 unspecified atom stereocenters. The van der Waals surface area contributed by atoms with Gasteiger partial charge in [0.2, 0.25) is 0 Å². The van der Waals surface area contributed by atoms with E-state index in [1.807, 2.05) is 66.7 Å². The summed E-state index contributed by atoms with van der Waals surface area (Å²) in [7, 11) is 0. The number of aromatic nitrogens is 6. The van der Waals surface area contributed by atoms with Crippen molar-refractivity contribution in [3.8, 4) is 84.9 Å². The van der Waals surface area contributed by atoms with Gasteiger partial charge in [-0.25, -0.2) is 24.9 Å². The average molecular weight is 1140 g/mol. The van der Waals surface area contributed by atoms with Gasteiger partial charge in [0.1, 0.15) is 0 Å². The van der Waals surface area contributed by atoms with Gasteiger partial charge in [0, 0.05) is 78.3 Å². The Balaban J connectivity index is 0.832. The van der Waals surface area contributed by atoms with Crippen LogP contribution in [-0.4, -0.2) is 36.2 Å². The van der Waals surface area contributed by atoms with Crippen LogP contribution in [0, 0.1) is 6.92 Å². The van der Waals surface area contributed by atoms with Crippen molar-refractivity contribution in [2.75, 3.05) is 9.80 Å². The Kier molecular flexibility index (Phi) is 12.4. The summed E-state index contributed by atoms with van der Waals surface area (Å²) in [5.74, 6) is 2.33. The normalized spacial score (nSPS) is 12.3. The number of rotatable bonds is 10. The van der Waals surface area contributed by atoms with Gasteiger partial charge in [-0.1, -0.05) is 212 Å². The topological polar surface area (TPSA) is 75.9 Å².